The summed E-state index contributed by atoms with van der Waals surface area (Å²) in [7, 11) is 0. The summed E-state index contributed by atoms with van der Waals surface area (Å²) < 4.78 is 2.08. The van der Waals surface area contributed by atoms with E-state index in [2.05, 4.69) is 20.3 Å². The maximum atomic E-state index is 6.11. The number of hydrogen-bond acceptors (Lipinski definition) is 4. The molecular formula is C11H8ClN5S. The maximum absolute atomic E-state index is 6.11. The number of aryl methyl sites for hydroxylation is 1. The minimum atomic E-state index is 0.424. The van der Waals surface area contributed by atoms with E-state index in [1.807, 2.05) is 25.1 Å². The van der Waals surface area contributed by atoms with E-state index in [9.17, 15) is 0 Å². The van der Waals surface area contributed by atoms with Gasteiger partial charge in [-0.05, 0) is 24.6 Å². The first-order valence-electron chi connectivity index (χ1n) is 5.22. The number of nitrogens with zero attached hydrogens (tertiary/aromatic N) is 4. The molecule has 0 unspecified atom stereocenters. The van der Waals surface area contributed by atoms with E-state index in [0.29, 0.717) is 20.8 Å². The fourth-order valence-electron chi connectivity index (χ4n) is 1.66. The number of nitrogens with one attached hydrogen (secondary N) is 1. The first-order chi connectivity index (χ1) is 8.66. The minimum absolute atomic E-state index is 0.424. The molecule has 2 heterocycles. The largest absolute Gasteiger partial charge is 0.329 e. The van der Waals surface area contributed by atoms with Crippen LogP contribution < -0.4 is 0 Å². The highest BCUT2D eigenvalue weighted by molar-refractivity contribution is 7.71. The number of hydrogen-bond donors (Lipinski definition) is 1. The van der Waals surface area contributed by atoms with Crippen LogP contribution in [0.2, 0.25) is 5.02 Å². The van der Waals surface area contributed by atoms with Crippen molar-refractivity contribution in [1.82, 2.24) is 25.0 Å². The van der Waals surface area contributed by atoms with Gasteiger partial charge in [0.25, 0.3) is 0 Å². The number of fused-ring (bicyclic) bond motifs is 1. The van der Waals surface area contributed by atoms with E-state index in [4.69, 9.17) is 23.8 Å². The molecule has 0 fully saturated rings. The summed E-state index contributed by atoms with van der Waals surface area (Å²) in [6.07, 6.45) is 1.53. The fraction of sp³-hybridized carbons (Fsp3) is 0.0909. The Morgan fingerprint density at radius 3 is 3.00 bits per heavy atom. The molecule has 0 saturated heterocycles. The van der Waals surface area contributed by atoms with Crippen molar-refractivity contribution in [2.75, 3.05) is 0 Å². The second kappa shape index (κ2) is 4.15. The van der Waals surface area contributed by atoms with E-state index < -0.39 is 0 Å². The molecule has 0 radical (unpaired) electrons. The van der Waals surface area contributed by atoms with Crippen molar-refractivity contribution >= 4 is 35.0 Å². The van der Waals surface area contributed by atoms with Crippen LogP contribution in [-0.4, -0.2) is 25.0 Å². The topological polar surface area (TPSA) is 59.4 Å². The lowest BCUT2D eigenvalue weighted by atomic mass is 10.2. The first kappa shape index (κ1) is 11.3. The van der Waals surface area contributed by atoms with Crippen molar-refractivity contribution in [1.29, 1.82) is 0 Å². The number of aromatic amines is 1. The highest BCUT2D eigenvalue weighted by Crippen LogP contribution is 2.21. The van der Waals surface area contributed by atoms with Crippen LogP contribution in [0.15, 0.2) is 24.5 Å². The van der Waals surface area contributed by atoms with Gasteiger partial charge in [0.1, 0.15) is 0 Å². The summed E-state index contributed by atoms with van der Waals surface area (Å²) in [6, 6.07) is 5.69. The van der Waals surface area contributed by atoms with Gasteiger partial charge >= 0.3 is 0 Å². The normalized spacial score (nSPS) is 11.0. The van der Waals surface area contributed by atoms with Crippen molar-refractivity contribution in [2.45, 2.75) is 6.92 Å². The molecular weight excluding hydrogens is 270 g/mol. The smallest absolute Gasteiger partial charge is 0.167 e. The molecule has 7 heteroatoms. The van der Waals surface area contributed by atoms with Crippen LogP contribution in [0.3, 0.4) is 0 Å². The predicted molar refractivity (Wildman–Crippen MR) is 71.6 cm³/mol. The van der Waals surface area contributed by atoms with Crippen molar-refractivity contribution in [3.8, 4) is 5.69 Å². The summed E-state index contributed by atoms with van der Waals surface area (Å²) in [6.45, 7) is 1.95. The molecule has 2 aromatic heterocycles. The molecule has 3 rings (SSSR count). The van der Waals surface area contributed by atoms with Gasteiger partial charge < -0.3 is 4.98 Å². The summed E-state index contributed by atoms with van der Waals surface area (Å²) in [5.41, 5.74) is 3.11. The van der Waals surface area contributed by atoms with Gasteiger partial charge in [-0.25, -0.2) is 4.98 Å². The third-order valence-corrected chi connectivity index (χ3v) is 3.36. The number of benzene rings is 1. The second-order valence-electron chi connectivity index (χ2n) is 3.84. The van der Waals surface area contributed by atoms with Gasteiger partial charge in [0.15, 0.2) is 15.8 Å². The lowest BCUT2D eigenvalue weighted by Gasteiger charge is -2.04. The van der Waals surface area contributed by atoms with Crippen LogP contribution in [0.25, 0.3) is 16.9 Å². The van der Waals surface area contributed by atoms with Crippen molar-refractivity contribution < 1.29 is 0 Å². The van der Waals surface area contributed by atoms with Crippen LogP contribution in [0.4, 0.5) is 0 Å². The Bertz CT molecular complexity index is 791. The molecule has 18 heavy (non-hydrogen) atoms. The maximum Gasteiger partial charge on any atom is 0.167 e. The van der Waals surface area contributed by atoms with Gasteiger partial charge in [0, 0.05) is 5.02 Å². The first-order valence-corrected chi connectivity index (χ1v) is 6.01. The van der Waals surface area contributed by atoms with Crippen LogP contribution in [0.1, 0.15) is 5.56 Å². The zero-order chi connectivity index (χ0) is 12.7. The van der Waals surface area contributed by atoms with Crippen LogP contribution >= 0.6 is 23.8 Å². The molecule has 3 aromatic rings. The average Bonchev–Trinajstić information content (AvgIpc) is 2.78. The lowest BCUT2D eigenvalue weighted by molar-refractivity contribution is 0.817. The van der Waals surface area contributed by atoms with Gasteiger partial charge in [-0.15, -0.1) is 5.10 Å². The Hall–Kier alpha value is -1.79. The van der Waals surface area contributed by atoms with E-state index in [-0.39, 0.29) is 0 Å². The van der Waals surface area contributed by atoms with Crippen molar-refractivity contribution in [3.63, 3.8) is 0 Å². The van der Waals surface area contributed by atoms with Crippen LogP contribution in [0.5, 0.6) is 0 Å². The lowest BCUT2D eigenvalue weighted by Crippen LogP contribution is -1.98. The molecule has 1 N–H and O–H groups in total. The molecule has 0 spiro atoms. The van der Waals surface area contributed by atoms with Gasteiger partial charge in [0.2, 0.25) is 0 Å². The Morgan fingerprint density at radius 2 is 2.22 bits per heavy atom. The average molecular weight is 278 g/mol. The van der Waals surface area contributed by atoms with Gasteiger partial charge in [-0.1, -0.05) is 35.1 Å². The Labute approximate surface area is 112 Å². The summed E-state index contributed by atoms with van der Waals surface area (Å²) in [4.78, 5) is 6.95. The molecule has 0 aliphatic heterocycles. The molecule has 1 aromatic carbocycles. The minimum Gasteiger partial charge on any atom is -0.329 e. The SMILES string of the molecule is Cc1ccc(-n2nnc3c(=S)nc[nH]c32)cc1Cl. The Kier molecular flexibility index (Phi) is 2.61. The zero-order valence-electron chi connectivity index (χ0n) is 9.38. The third-order valence-electron chi connectivity index (χ3n) is 2.66. The Morgan fingerprint density at radius 1 is 1.39 bits per heavy atom. The number of aromatic nitrogens is 5. The van der Waals surface area contributed by atoms with E-state index in [1.165, 1.54) is 6.33 Å². The molecule has 0 aliphatic carbocycles. The van der Waals surface area contributed by atoms with E-state index in [1.54, 1.807) is 4.68 Å². The van der Waals surface area contributed by atoms with E-state index >= 15 is 0 Å². The van der Waals surface area contributed by atoms with Crippen LogP contribution in [-0.2, 0) is 0 Å². The third kappa shape index (κ3) is 1.70. The number of halogens is 1. The Balaban J connectivity index is 2.29. The van der Waals surface area contributed by atoms with Gasteiger partial charge in [0.05, 0.1) is 12.0 Å². The molecule has 0 aliphatic rings. The highest BCUT2D eigenvalue weighted by Gasteiger charge is 2.09. The second-order valence-corrected chi connectivity index (χ2v) is 4.63. The molecule has 0 bridgehead atoms. The highest BCUT2D eigenvalue weighted by atomic mass is 35.5. The molecule has 0 amide bonds. The number of rotatable bonds is 1. The summed E-state index contributed by atoms with van der Waals surface area (Å²) >= 11 is 11.2. The molecule has 90 valence electrons. The van der Waals surface area contributed by atoms with Gasteiger partial charge in [-0.2, -0.15) is 4.68 Å². The zero-order valence-corrected chi connectivity index (χ0v) is 11.0. The quantitative estimate of drug-likeness (QED) is 0.695. The fourth-order valence-corrected chi connectivity index (χ4v) is 2.03. The molecule has 5 nitrogen and oxygen atoms in total. The van der Waals surface area contributed by atoms with Crippen molar-refractivity contribution in [3.05, 3.63) is 39.8 Å². The predicted octanol–water partition coefficient (Wildman–Crippen LogP) is 2.83. The van der Waals surface area contributed by atoms with Crippen molar-refractivity contribution in [2.24, 2.45) is 0 Å². The summed E-state index contributed by atoms with van der Waals surface area (Å²) in [5.74, 6) is 0. The molecule has 0 saturated carbocycles. The van der Waals surface area contributed by atoms with Crippen LogP contribution in [0, 0.1) is 11.6 Å². The van der Waals surface area contributed by atoms with E-state index in [0.717, 1.165) is 11.3 Å². The number of H-pyrrole nitrogens is 1. The summed E-state index contributed by atoms with van der Waals surface area (Å²) in [5, 5.41) is 8.77. The molecule has 0 atom stereocenters. The monoisotopic (exact) mass is 277 g/mol. The standard InChI is InChI=1S/C11H8ClN5S/c1-6-2-3-7(4-8(6)12)17-10-9(15-16-17)11(18)14-5-13-10/h2-5H,1H3,(H,13,14,18). The van der Waals surface area contributed by atoms with Gasteiger partial charge in [-0.3, -0.25) is 0 Å².